The Morgan fingerprint density at radius 1 is 1.75 bits per heavy atom. The summed E-state index contributed by atoms with van der Waals surface area (Å²) in [6.07, 6.45) is 0. The Bertz CT molecular complexity index is 94.0. The second kappa shape index (κ2) is 3.28. The number of rotatable bonds is 2. The molecule has 0 saturated carbocycles. The van der Waals surface area contributed by atoms with E-state index in [-0.39, 0.29) is 6.04 Å². The molecule has 0 bridgehead atoms. The zero-order valence-electron chi connectivity index (χ0n) is 4.40. The molecule has 0 unspecified atom stereocenters. The first-order valence-electron chi connectivity index (χ1n) is 2.14. The fourth-order valence-electron chi connectivity index (χ4n) is 0.207. The molecular formula is C4H7Cl2NO. The standard InChI is InChI=1S/C4H7Cl2NO/c1-2(7)3(5)4(6)8/h2-3H,7H2,1H3/t2-,3-/m1/s1. The van der Waals surface area contributed by atoms with Gasteiger partial charge < -0.3 is 5.73 Å². The fraction of sp³-hybridized carbons (Fsp3) is 0.750. The minimum absolute atomic E-state index is 0.373. The van der Waals surface area contributed by atoms with Crippen LogP contribution in [-0.4, -0.2) is 16.7 Å². The normalized spacial score (nSPS) is 17.5. The van der Waals surface area contributed by atoms with E-state index in [1.807, 2.05) is 0 Å². The van der Waals surface area contributed by atoms with Gasteiger partial charge in [0.15, 0.2) is 0 Å². The first kappa shape index (κ1) is 8.21. The molecule has 8 heavy (non-hydrogen) atoms. The van der Waals surface area contributed by atoms with Crippen molar-refractivity contribution in [2.24, 2.45) is 5.73 Å². The smallest absolute Gasteiger partial charge is 0.241 e. The summed E-state index contributed by atoms with van der Waals surface area (Å²) in [5.41, 5.74) is 5.20. The van der Waals surface area contributed by atoms with Crippen LogP contribution in [0.5, 0.6) is 0 Å². The van der Waals surface area contributed by atoms with E-state index in [2.05, 4.69) is 0 Å². The van der Waals surface area contributed by atoms with Crippen molar-refractivity contribution < 1.29 is 4.79 Å². The first-order valence-corrected chi connectivity index (χ1v) is 2.96. The van der Waals surface area contributed by atoms with Crippen LogP contribution in [0, 0.1) is 0 Å². The van der Waals surface area contributed by atoms with Crippen molar-refractivity contribution in [1.82, 2.24) is 0 Å². The predicted molar refractivity (Wildman–Crippen MR) is 34.2 cm³/mol. The minimum Gasteiger partial charge on any atom is -0.326 e. The average molecular weight is 156 g/mol. The Labute approximate surface area is 57.9 Å². The molecule has 2 N–H and O–H groups in total. The summed E-state index contributed by atoms with van der Waals surface area (Å²) < 4.78 is 0. The van der Waals surface area contributed by atoms with Gasteiger partial charge in [-0.15, -0.1) is 11.6 Å². The highest BCUT2D eigenvalue weighted by Gasteiger charge is 2.16. The summed E-state index contributed by atoms with van der Waals surface area (Å²) in [6, 6.07) is -0.373. The molecule has 0 spiro atoms. The highest BCUT2D eigenvalue weighted by atomic mass is 35.5. The summed E-state index contributed by atoms with van der Waals surface area (Å²) in [4.78, 5) is 10.1. The number of nitrogens with two attached hydrogens (primary N) is 1. The molecule has 0 aliphatic rings. The van der Waals surface area contributed by atoms with Gasteiger partial charge in [0.05, 0.1) is 0 Å². The number of hydrogen-bond acceptors (Lipinski definition) is 2. The molecule has 0 amide bonds. The third kappa shape index (κ3) is 2.50. The molecule has 0 rings (SSSR count). The van der Waals surface area contributed by atoms with Gasteiger partial charge in [0.1, 0.15) is 5.38 Å². The Kier molecular flexibility index (Phi) is 3.36. The summed E-state index contributed by atoms with van der Waals surface area (Å²) in [5.74, 6) is 0. The lowest BCUT2D eigenvalue weighted by Crippen LogP contribution is -2.31. The molecule has 0 fully saturated rings. The van der Waals surface area contributed by atoms with E-state index < -0.39 is 10.6 Å². The van der Waals surface area contributed by atoms with Gasteiger partial charge in [0, 0.05) is 6.04 Å². The zero-order valence-corrected chi connectivity index (χ0v) is 5.91. The Morgan fingerprint density at radius 3 is 2.12 bits per heavy atom. The highest BCUT2D eigenvalue weighted by Crippen LogP contribution is 2.03. The van der Waals surface area contributed by atoms with Gasteiger partial charge in [-0.1, -0.05) is 0 Å². The van der Waals surface area contributed by atoms with E-state index in [9.17, 15) is 4.79 Å². The summed E-state index contributed by atoms with van der Waals surface area (Å²) in [5, 5.41) is -1.35. The molecule has 0 heterocycles. The summed E-state index contributed by atoms with van der Waals surface area (Å²) in [6.45, 7) is 1.62. The van der Waals surface area contributed by atoms with Gasteiger partial charge in [-0.05, 0) is 18.5 Å². The molecule has 0 aromatic heterocycles. The van der Waals surface area contributed by atoms with Crippen molar-refractivity contribution in [1.29, 1.82) is 0 Å². The third-order valence-electron chi connectivity index (χ3n) is 0.678. The number of hydrogen-bond donors (Lipinski definition) is 1. The molecule has 0 aromatic rings. The molecule has 4 heteroatoms. The number of alkyl halides is 1. The monoisotopic (exact) mass is 155 g/mol. The van der Waals surface area contributed by atoms with Crippen LogP contribution in [-0.2, 0) is 4.79 Å². The van der Waals surface area contributed by atoms with Gasteiger partial charge in [-0.3, -0.25) is 4.79 Å². The topological polar surface area (TPSA) is 43.1 Å². The molecule has 0 saturated heterocycles. The summed E-state index contributed by atoms with van der Waals surface area (Å²) >= 11 is 10.3. The van der Waals surface area contributed by atoms with E-state index in [0.29, 0.717) is 0 Å². The van der Waals surface area contributed by atoms with Gasteiger partial charge in [0.2, 0.25) is 5.24 Å². The van der Waals surface area contributed by atoms with Gasteiger partial charge in [-0.25, -0.2) is 0 Å². The maximum Gasteiger partial charge on any atom is 0.241 e. The van der Waals surface area contributed by atoms with Crippen molar-refractivity contribution >= 4 is 28.4 Å². The molecule has 0 aromatic carbocycles. The highest BCUT2D eigenvalue weighted by molar-refractivity contribution is 6.69. The molecule has 0 aliphatic heterocycles. The lowest BCUT2D eigenvalue weighted by Gasteiger charge is -2.05. The molecule has 48 valence electrons. The van der Waals surface area contributed by atoms with E-state index in [4.69, 9.17) is 28.9 Å². The van der Waals surface area contributed by atoms with Crippen LogP contribution in [0.25, 0.3) is 0 Å². The van der Waals surface area contributed by atoms with Crippen LogP contribution >= 0.6 is 23.2 Å². The van der Waals surface area contributed by atoms with E-state index in [0.717, 1.165) is 0 Å². The van der Waals surface area contributed by atoms with Crippen molar-refractivity contribution in [3.63, 3.8) is 0 Å². The Hall–Kier alpha value is 0.210. The van der Waals surface area contributed by atoms with Crippen LogP contribution < -0.4 is 5.73 Å². The quantitative estimate of drug-likeness (QED) is 0.472. The van der Waals surface area contributed by atoms with Crippen molar-refractivity contribution in [2.45, 2.75) is 18.3 Å². The van der Waals surface area contributed by atoms with E-state index in [1.165, 1.54) is 0 Å². The maximum atomic E-state index is 10.1. The number of carbonyl (C=O) groups excluding carboxylic acids is 1. The van der Waals surface area contributed by atoms with Crippen LogP contribution in [0.1, 0.15) is 6.92 Å². The Morgan fingerprint density at radius 2 is 2.12 bits per heavy atom. The first-order chi connectivity index (χ1) is 3.55. The predicted octanol–water partition coefficient (Wildman–Crippen LogP) is 0.706. The second-order valence-electron chi connectivity index (χ2n) is 1.56. The van der Waals surface area contributed by atoms with Crippen LogP contribution in [0.15, 0.2) is 0 Å². The van der Waals surface area contributed by atoms with Gasteiger partial charge >= 0.3 is 0 Å². The fourth-order valence-corrected chi connectivity index (χ4v) is 0.405. The lowest BCUT2D eigenvalue weighted by molar-refractivity contribution is -0.111. The lowest BCUT2D eigenvalue weighted by atomic mass is 10.3. The molecule has 2 nitrogen and oxygen atoms in total. The number of halogens is 2. The zero-order chi connectivity index (χ0) is 6.73. The molecule has 0 aliphatic carbocycles. The largest absolute Gasteiger partial charge is 0.326 e. The number of carbonyl (C=O) groups is 1. The average Bonchev–Trinajstić information content (AvgIpc) is 1.64. The SMILES string of the molecule is C[C@@H](N)[C@@H](Cl)C(=O)Cl. The van der Waals surface area contributed by atoms with Crippen molar-refractivity contribution in [3.05, 3.63) is 0 Å². The van der Waals surface area contributed by atoms with Crippen molar-refractivity contribution in [3.8, 4) is 0 Å². The molecule has 0 radical (unpaired) electrons. The molecule has 2 atom stereocenters. The van der Waals surface area contributed by atoms with Crippen LogP contribution in [0.2, 0.25) is 0 Å². The van der Waals surface area contributed by atoms with E-state index in [1.54, 1.807) is 6.92 Å². The van der Waals surface area contributed by atoms with E-state index >= 15 is 0 Å². The summed E-state index contributed by atoms with van der Waals surface area (Å²) in [7, 11) is 0. The minimum atomic E-state index is -0.753. The van der Waals surface area contributed by atoms with Crippen molar-refractivity contribution in [2.75, 3.05) is 0 Å². The third-order valence-corrected chi connectivity index (χ3v) is 1.62. The maximum absolute atomic E-state index is 10.1. The molecular weight excluding hydrogens is 149 g/mol. The van der Waals surface area contributed by atoms with Crippen LogP contribution in [0.3, 0.4) is 0 Å². The Balaban J connectivity index is 3.64. The van der Waals surface area contributed by atoms with Crippen LogP contribution in [0.4, 0.5) is 0 Å². The van der Waals surface area contributed by atoms with Gasteiger partial charge in [-0.2, -0.15) is 0 Å². The second-order valence-corrected chi connectivity index (χ2v) is 2.41. The van der Waals surface area contributed by atoms with Gasteiger partial charge in [0.25, 0.3) is 0 Å².